The molecule has 0 bridgehead atoms. The Kier molecular flexibility index (Phi) is 6.39. The summed E-state index contributed by atoms with van der Waals surface area (Å²) >= 11 is 0. The Bertz CT molecular complexity index is 1040. The van der Waals surface area contributed by atoms with Crippen LogP contribution in [0.15, 0.2) is 42.5 Å². The first-order chi connectivity index (χ1) is 14.8. The van der Waals surface area contributed by atoms with Crippen LogP contribution in [0.3, 0.4) is 0 Å². The number of methoxy groups -OCH3 is 2. The van der Waals surface area contributed by atoms with Gasteiger partial charge in [-0.05, 0) is 30.3 Å². The van der Waals surface area contributed by atoms with Gasteiger partial charge in [-0.3, -0.25) is 10.3 Å². The highest BCUT2D eigenvalue weighted by Crippen LogP contribution is 2.24. The molecule has 0 radical (unpaired) electrons. The van der Waals surface area contributed by atoms with Gasteiger partial charge < -0.3 is 24.7 Å². The Morgan fingerprint density at radius 2 is 1.84 bits per heavy atom. The minimum atomic E-state index is -0.713. The summed E-state index contributed by atoms with van der Waals surface area (Å²) in [6.07, 6.45) is -1.12. The normalized spacial score (nSPS) is 15.2. The number of carbonyl (C=O) groups excluding carboxylic acids is 3. The molecule has 10 heteroatoms. The van der Waals surface area contributed by atoms with Gasteiger partial charge >= 0.3 is 18.0 Å². The Hall–Kier alpha value is -4.08. The average molecular weight is 427 g/mol. The fourth-order valence-corrected chi connectivity index (χ4v) is 3.03. The Morgan fingerprint density at radius 1 is 1.13 bits per heavy atom. The van der Waals surface area contributed by atoms with E-state index in [9.17, 15) is 14.4 Å². The molecule has 0 spiro atoms. The highest BCUT2D eigenvalue weighted by Gasteiger charge is 2.33. The lowest BCUT2D eigenvalue weighted by atomic mass is 10.1. The SMILES string of the molecule is COC(=O)c1ccc(OCC2CN(c3cccc(C(=N)N)c3)C(=O)O2)cc1C(=O)OC. The number of amides is 1. The minimum Gasteiger partial charge on any atom is -0.490 e. The van der Waals surface area contributed by atoms with Crippen LogP contribution in [-0.2, 0) is 14.2 Å². The number of hydrogen-bond acceptors (Lipinski definition) is 8. The maximum atomic E-state index is 12.3. The lowest BCUT2D eigenvalue weighted by Gasteiger charge is -2.14. The van der Waals surface area contributed by atoms with Crippen molar-refractivity contribution < 1.29 is 33.3 Å². The lowest BCUT2D eigenvalue weighted by Crippen LogP contribution is -2.27. The van der Waals surface area contributed by atoms with E-state index in [4.69, 9.17) is 25.4 Å². The van der Waals surface area contributed by atoms with Crippen molar-refractivity contribution in [1.82, 2.24) is 0 Å². The smallest absolute Gasteiger partial charge is 0.414 e. The molecule has 1 fully saturated rings. The van der Waals surface area contributed by atoms with Crippen LogP contribution in [0.25, 0.3) is 0 Å². The van der Waals surface area contributed by atoms with E-state index < -0.39 is 24.1 Å². The van der Waals surface area contributed by atoms with Crippen LogP contribution >= 0.6 is 0 Å². The van der Waals surface area contributed by atoms with Gasteiger partial charge in [-0.1, -0.05) is 12.1 Å². The second-order valence-corrected chi connectivity index (χ2v) is 6.58. The second kappa shape index (κ2) is 9.16. The Morgan fingerprint density at radius 3 is 2.52 bits per heavy atom. The summed E-state index contributed by atoms with van der Waals surface area (Å²) in [5, 5.41) is 7.53. The van der Waals surface area contributed by atoms with Crippen molar-refractivity contribution in [3.63, 3.8) is 0 Å². The van der Waals surface area contributed by atoms with Gasteiger partial charge in [0.2, 0.25) is 0 Å². The van der Waals surface area contributed by atoms with Crippen molar-refractivity contribution in [2.45, 2.75) is 6.10 Å². The number of nitrogens with one attached hydrogen (secondary N) is 1. The van der Waals surface area contributed by atoms with Crippen LogP contribution in [0.4, 0.5) is 10.5 Å². The standard InChI is InChI=1S/C21H21N3O7/c1-28-19(25)16-7-6-14(9-17(16)20(26)29-2)30-11-15-10-24(21(27)31-15)13-5-3-4-12(8-13)18(22)23/h3-9,15H,10-11H2,1-2H3,(H3,22,23). The van der Waals surface area contributed by atoms with Crippen LogP contribution in [0.2, 0.25) is 0 Å². The molecule has 162 valence electrons. The largest absolute Gasteiger partial charge is 0.490 e. The number of ether oxygens (including phenoxy) is 4. The first kappa shape index (κ1) is 21.6. The van der Waals surface area contributed by atoms with Gasteiger partial charge in [0.05, 0.1) is 31.9 Å². The fraction of sp³-hybridized carbons (Fsp3) is 0.238. The minimum absolute atomic E-state index is 0.00191. The molecular formula is C21H21N3O7. The number of esters is 2. The molecule has 3 rings (SSSR count). The predicted molar refractivity (Wildman–Crippen MR) is 110 cm³/mol. The van der Waals surface area contributed by atoms with Crippen molar-refractivity contribution >= 4 is 29.6 Å². The molecule has 3 N–H and O–H groups in total. The second-order valence-electron chi connectivity index (χ2n) is 6.58. The molecular weight excluding hydrogens is 406 g/mol. The molecule has 2 aromatic rings. The van der Waals surface area contributed by atoms with E-state index in [1.807, 2.05) is 0 Å². The summed E-state index contributed by atoms with van der Waals surface area (Å²) in [6, 6.07) is 11.0. The van der Waals surface area contributed by atoms with E-state index in [2.05, 4.69) is 4.74 Å². The van der Waals surface area contributed by atoms with Gasteiger partial charge in [-0.25, -0.2) is 14.4 Å². The molecule has 1 unspecified atom stereocenters. The van der Waals surface area contributed by atoms with Gasteiger partial charge in [-0.2, -0.15) is 0 Å². The topological polar surface area (TPSA) is 141 Å². The number of carbonyl (C=O) groups is 3. The zero-order valence-corrected chi connectivity index (χ0v) is 16.9. The van der Waals surface area contributed by atoms with E-state index >= 15 is 0 Å². The number of amidine groups is 1. The van der Waals surface area contributed by atoms with E-state index in [-0.39, 0.29) is 30.1 Å². The monoisotopic (exact) mass is 427 g/mol. The number of benzene rings is 2. The molecule has 10 nitrogen and oxygen atoms in total. The van der Waals surface area contributed by atoms with E-state index in [1.54, 1.807) is 24.3 Å². The van der Waals surface area contributed by atoms with Crippen molar-refractivity contribution in [2.75, 3.05) is 32.3 Å². The van der Waals surface area contributed by atoms with E-state index in [0.29, 0.717) is 17.0 Å². The van der Waals surface area contributed by atoms with Crippen molar-refractivity contribution in [1.29, 1.82) is 5.41 Å². The molecule has 2 aromatic carbocycles. The van der Waals surface area contributed by atoms with Crippen LogP contribution in [0, 0.1) is 5.41 Å². The van der Waals surface area contributed by atoms with Gasteiger partial charge in [0.1, 0.15) is 18.2 Å². The number of nitrogens with two attached hydrogens (primary N) is 1. The summed E-state index contributed by atoms with van der Waals surface area (Å²) < 4.78 is 20.4. The number of hydrogen-bond donors (Lipinski definition) is 2. The summed E-state index contributed by atoms with van der Waals surface area (Å²) in [6.45, 7) is 0.247. The summed E-state index contributed by atoms with van der Waals surface area (Å²) in [5.41, 5.74) is 6.59. The average Bonchev–Trinajstić information content (AvgIpc) is 3.16. The molecule has 1 atom stereocenters. The third-order valence-corrected chi connectivity index (χ3v) is 4.58. The van der Waals surface area contributed by atoms with Gasteiger partial charge in [0.25, 0.3) is 0 Å². The molecule has 1 amide bonds. The van der Waals surface area contributed by atoms with Crippen LogP contribution < -0.4 is 15.4 Å². The third-order valence-electron chi connectivity index (χ3n) is 4.58. The number of nitrogen functional groups attached to an aromatic ring is 1. The zero-order valence-electron chi connectivity index (χ0n) is 16.9. The molecule has 1 heterocycles. The van der Waals surface area contributed by atoms with Gasteiger partial charge in [0, 0.05) is 11.3 Å². The summed E-state index contributed by atoms with van der Waals surface area (Å²) in [5.74, 6) is -1.21. The number of cyclic esters (lactones) is 1. The third kappa shape index (κ3) is 4.74. The number of rotatable bonds is 7. The van der Waals surface area contributed by atoms with E-state index in [1.165, 1.54) is 37.3 Å². The van der Waals surface area contributed by atoms with Crippen LogP contribution in [0.5, 0.6) is 5.75 Å². The molecule has 1 aliphatic heterocycles. The predicted octanol–water partition coefficient (Wildman–Crippen LogP) is 1.95. The van der Waals surface area contributed by atoms with Gasteiger partial charge in [-0.15, -0.1) is 0 Å². The van der Waals surface area contributed by atoms with E-state index in [0.717, 1.165) is 0 Å². The van der Waals surface area contributed by atoms with Crippen molar-refractivity contribution in [3.05, 3.63) is 59.2 Å². The summed E-state index contributed by atoms with van der Waals surface area (Å²) in [4.78, 5) is 37.5. The van der Waals surface area contributed by atoms with Crippen LogP contribution in [0.1, 0.15) is 26.3 Å². The van der Waals surface area contributed by atoms with Crippen molar-refractivity contribution in [3.8, 4) is 5.75 Å². The Balaban J connectivity index is 1.70. The number of anilines is 1. The first-order valence-electron chi connectivity index (χ1n) is 9.20. The maximum absolute atomic E-state index is 12.3. The molecule has 0 saturated carbocycles. The Labute approximate surface area is 177 Å². The van der Waals surface area contributed by atoms with Crippen LogP contribution in [-0.4, -0.2) is 57.3 Å². The zero-order chi connectivity index (χ0) is 22.5. The maximum Gasteiger partial charge on any atom is 0.414 e. The number of nitrogens with zero attached hydrogens (tertiary/aromatic N) is 1. The van der Waals surface area contributed by atoms with Gasteiger partial charge in [0.15, 0.2) is 6.10 Å². The van der Waals surface area contributed by atoms with Crippen molar-refractivity contribution in [2.24, 2.45) is 5.73 Å². The summed E-state index contributed by atoms with van der Waals surface area (Å²) in [7, 11) is 2.41. The molecule has 31 heavy (non-hydrogen) atoms. The fourth-order valence-electron chi connectivity index (χ4n) is 3.03. The molecule has 1 aliphatic rings. The highest BCUT2D eigenvalue weighted by molar-refractivity contribution is 6.03. The quantitative estimate of drug-likeness (QED) is 0.296. The molecule has 0 aromatic heterocycles. The molecule has 0 aliphatic carbocycles. The first-order valence-corrected chi connectivity index (χ1v) is 9.20. The highest BCUT2D eigenvalue weighted by atomic mass is 16.6. The molecule has 1 saturated heterocycles. The lowest BCUT2D eigenvalue weighted by molar-refractivity contribution is 0.0554.